The summed E-state index contributed by atoms with van der Waals surface area (Å²) in [6.07, 6.45) is 6.57. The Hall–Kier alpha value is -3.07. The lowest BCUT2D eigenvalue weighted by molar-refractivity contribution is -0.121. The molecule has 1 saturated heterocycles. The van der Waals surface area contributed by atoms with Gasteiger partial charge in [-0.25, -0.2) is 9.97 Å². The van der Waals surface area contributed by atoms with Crippen LogP contribution in [0, 0.1) is 0 Å². The lowest BCUT2D eigenvalue weighted by Gasteiger charge is -2.17. The van der Waals surface area contributed by atoms with Crippen molar-refractivity contribution in [2.75, 3.05) is 18.0 Å². The first-order valence-corrected chi connectivity index (χ1v) is 10.3. The molecule has 0 radical (unpaired) electrons. The second-order valence-corrected chi connectivity index (χ2v) is 8.11. The molecule has 4 rings (SSSR count). The molecule has 1 aliphatic heterocycles. The monoisotopic (exact) mass is 410 g/mol. The van der Waals surface area contributed by atoms with Gasteiger partial charge in [-0.15, -0.1) is 11.3 Å². The Kier molecular flexibility index (Phi) is 5.39. The van der Waals surface area contributed by atoms with E-state index in [-0.39, 0.29) is 24.2 Å². The molecule has 1 amide bonds. The largest absolute Gasteiger partial charge is 0.351 e. The number of hydrogen-bond acceptors (Lipinski definition) is 7. The third kappa shape index (κ3) is 4.51. The van der Waals surface area contributed by atoms with Crippen molar-refractivity contribution in [2.24, 2.45) is 7.05 Å². The molecular formula is C20H22N6O2S. The van der Waals surface area contributed by atoms with Gasteiger partial charge in [0.1, 0.15) is 0 Å². The first kappa shape index (κ1) is 19.3. The van der Waals surface area contributed by atoms with Crippen LogP contribution in [0.15, 0.2) is 36.1 Å². The molecular weight excluding hydrogens is 388 g/mol. The molecule has 4 heterocycles. The van der Waals surface area contributed by atoms with Gasteiger partial charge in [-0.3, -0.25) is 14.3 Å². The summed E-state index contributed by atoms with van der Waals surface area (Å²) in [5, 5.41) is 9.14. The summed E-state index contributed by atoms with van der Waals surface area (Å²) < 4.78 is 1.74. The molecule has 0 aromatic carbocycles. The predicted octanol–water partition coefficient (Wildman–Crippen LogP) is 2.08. The summed E-state index contributed by atoms with van der Waals surface area (Å²) in [4.78, 5) is 35.6. The van der Waals surface area contributed by atoms with E-state index in [1.165, 1.54) is 18.3 Å². The highest BCUT2D eigenvalue weighted by atomic mass is 32.1. The van der Waals surface area contributed by atoms with Gasteiger partial charge in [-0.2, -0.15) is 5.10 Å². The maximum absolute atomic E-state index is 12.4. The first-order valence-electron chi connectivity index (χ1n) is 9.42. The summed E-state index contributed by atoms with van der Waals surface area (Å²) in [5.74, 6) is 0.656. The van der Waals surface area contributed by atoms with Gasteiger partial charge >= 0.3 is 0 Å². The molecule has 9 heteroatoms. The predicted molar refractivity (Wildman–Crippen MR) is 111 cm³/mol. The molecule has 8 nitrogen and oxygen atoms in total. The van der Waals surface area contributed by atoms with Crippen LogP contribution in [0.25, 0.3) is 11.3 Å². The molecule has 0 bridgehead atoms. The van der Waals surface area contributed by atoms with Crippen LogP contribution in [0.4, 0.5) is 5.95 Å². The molecule has 1 unspecified atom stereocenters. The van der Waals surface area contributed by atoms with E-state index < -0.39 is 0 Å². The maximum Gasteiger partial charge on any atom is 0.225 e. The van der Waals surface area contributed by atoms with Crippen LogP contribution in [0.1, 0.15) is 28.6 Å². The minimum atomic E-state index is -0.0326. The number of thiophene rings is 1. The van der Waals surface area contributed by atoms with Crippen molar-refractivity contribution < 1.29 is 9.59 Å². The molecule has 0 aliphatic carbocycles. The number of anilines is 1. The van der Waals surface area contributed by atoms with E-state index in [9.17, 15) is 9.59 Å². The Morgan fingerprint density at radius 3 is 2.97 bits per heavy atom. The van der Waals surface area contributed by atoms with Gasteiger partial charge in [0.25, 0.3) is 0 Å². The molecule has 1 fully saturated rings. The number of carbonyl (C=O) groups is 2. The molecule has 1 N–H and O–H groups in total. The van der Waals surface area contributed by atoms with Crippen LogP contribution in [-0.2, 0) is 18.3 Å². The van der Waals surface area contributed by atoms with Gasteiger partial charge in [-0.05, 0) is 36.4 Å². The van der Waals surface area contributed by atoms with Crippen molar-refractivity contribution in [3.05, 3.63) is 46.5 Å². The summed E-state index contributed by atoms with van der Waals surface area (Å²) in [7, 11) is 1.87. The Balaban J connectivity index is 1.35. The number of nitrogens with zero attached hydrogens (tertiary/aromatic N) is 5. The van der Waals surface area contributed by atoms with Gasteiger partial charge in [0.2, 0.25) is 11.9 Å². The molecule has 3 aromatic heterocycles. The standard InChI is InChI=1S/C20H22N6O2S/c1-13(27)18-7-14(12-29-18)8-19(28)23-16-4-6-26(11-16)20-21-5-3-17(24-20)15-9-22-25(2)10-15/h3,5,7,9-10,12,16H,4,6,8,11H2,1-2H3,(H,23,28). The zero-order valence-electron chi connectivity index (χ0n) is 16.3. The topological polar surface area (TPSA) is 93.0 Å². The Labute approximate surface area is 172 Å². The number of aryl methyl sites for hydroxylation is 1. The Morgan fingerprint density at radius 1 is 1.38 bits per heavy atom. The zero-order valence-corrected chi connectivity index (χ0v) is 17.1. The summed E-state index contributed by atoms with van der Waals surface area (Å²) in [5.41, 5.74) is 2.65. The number of hydrogen-bond donors (Lipinski definition) is 1. The molecule has 1 atom stereocenters. The van der Waals surface area contributed by atoms with Crippen molar-refractivity contribution in [1.29, 1.82) is 0 Å². The zero-order chi connectivity index (χ0) is 20.4. The summed E-state index contributed by atoms with van der Waals surface area (Å²) in [6, 6.07) is 3.72. The number of amides is 1. The number of rotatable bonds is 6. The van der Waals surface area contributed by atoms with Crippen LogP contribution in [0.3, 0.4) is 0 Å². The van der Waals surface area contributed by atoms with E-state index in [0.717, 1.165) is 29.8 Å². The highest BCUT2D eigenvalue weighted by molar-refractivity contribution is 7.12. The third-order valence-electron chi connectivity index (χ3n) is 4.85. The fourth-order valence-electron chi connectivity index (χ4n) is 3.39. The fourth-order valence-corrected chi connectivity index (χ4v) is 4.21. The van der Waals surface area contributed by atoms with Crippen LogP contribution in [0.2, 0.25) is 0 Å². The average Bonchev–Trinajstić information content (AvgIpc) is 3.43. The van der Waals surface area contributed by atoms with E-state index in [1.54, 1.807) is 23.1 Å². The van der Waals surface area contributed by atoms with Crippen LogP contribution in [0.5, 0.6) is 0 Å². The van der Waals surface area contributed by atoms with Gasteiger partial charge in [0, 0.05) is 44.1 Å². The van der Waals surface area contributed by atoms with E-state index in [1.807, 2.05) is 24.7 Å². The van der Waals surface area contributed by atoms with Crippen molar-refractivity contribution in [2.45, 2.75) is 25.8 Å². The second kappa shape index (κ2) is 8.12. The van der Waals surface area contributed by atoms with Crippen LogP contribution < -0.4 is 10.2 Å². The average molecular weight is 411 g/mol. The number of ketones is 1. The van der Waals surface area contributed by atoms with Crippen molar-refractivity contribution in [3.8, 4) is 11.3 Å². The number of nitrogens with one attached hydrogen (secondary N) is 1. The summed E-state index contributed by atoms with van der Waals surface area (Å²) in [6.45, 7) is 2.99. The first-order chi connectivity index (χ1) is 14.0. The normalized spacial score (nSPS) is 16.2. The molecule has 0 saturated carbocycles. The lowest BCUT2D eigenvalue weighted by Crippen LogP contribution is -2.38. The second-order valence-electron chi connectivity index (χ2n) is 7.20. The van der Waals surface area contributed by atoms with E-state index >= 15 is 0 Å². The van der Waals surface area contributed by atoms with Crippen molar-refractivity contribution in [1.82, 2.24) is 25.1 Å². The van der Waals surface area contributed by atoms with Gasteiger partial charge in [0.15, 0.2) is 5.78 Å². The van der Waals surface area contributed by atoms with Crippen molar-refractivity contribution in [3.63, 3.8) is 0 Å². The van der Waals surface area contributed by atoms with Gasteiger partial charge < -0.3 is 10.2 Å². The molecule has 29 heavy (non-hydrogen) atoms. The van der Waals surface area contributed by atoms with Gasteiger partial charge in [0.05, 0.1) is 23.2 Å². The minimum absolute atomic E-state index is 0.0293. The smallest absolute Gasteiger partial charge is 0.225 e. The van der Waals surface area contributed by atoms with Gasteiger partial charge in [-0.1, -0.05) is 0 Å². The molecule has 0 spiro atoms. The molecule has 150 valence electrons. The highest BCUT2D eigenvalue weighted by Crippen LogP contribution is 2.21. The molecule has 1 aliphatic rings. The Bertz CT molecular complexity index is 1040. The van der Waals surface area contributed by atoms with E-state index in [0.29, 0.717) is 17.4 Å². The minimum Gasteiger partial charge on any atom is -0.351 e. The van der Waals surface area contributed by atoms with Crippen LogP contribution in [-0.4, -0.2) is 50.6 Å². The quantitative estimate of drug-likeness (QED) is 0.626. The highest BCUT2D eigenvalue weighted by Gasteiger charge is 2.26. The number of Topliss-reactive ketones (excluding diaryl/α,β-unsaturated/α-hetero) is 1. The third-order valence-corrected chi connectivity index (χ3v) is 5.92. The summed E-state index contributed by atoms with van der Waals surface area (Å²) >= 11 is 1.38. The van der Waals surface area contributed by atoms with E-state index in [4.69, 9.17) is 0 Å². The van der Waals surface area contributed by atoms with Crippen molar-refractivity contribution >= 4 is 29.0 Å². The van der Waals surface area contributed by atoms with Crippen LogP contribution >= 0.6 is 11.3 Å². The number of aromatic nitrogens is 4. The van der Waals surface area contributed by atoms with E-state index in [2.05, 4.69) is 25.3 Å². The number of carbonyl (C=O) groups excluding carboxylic acids is 2. The Morgan fingerprint density at radius 2 is 2.24 bits per heavy atom. The SMILES string of the molecule is CC(=O)c1cc(CC(=O)NC2CCN(c3nccc(-c4cnn(C)c4)n3)C2)cs1. The lowest BCUT2D eigenvalue weighted by atomic mass is 10.2. The fraction of sp³-hybridized carbons (Fsp3) is 0.350. The molecule has 3 aromatic rings. The maximum atomic E-state index is 12.4.